The van der Waals surface area contributed by atoms with E-state index >= 15 is 0 Å². The van der Waals surface area contributed by atoms with E-state index in [1.54, 1.807) is 0 Å². The minimum absolute atomic E-state index is 0.00971. The first kappa shape index (κ1) is 16.2. The van der Waals surface area contributed by atoms with E-state index in [9.17, 15) is 14.4 Å². The zero-order chi connectivity index (χ0) is 15.0. The molecule has 0 spiro atoms. The highest BCUT2D eigenvalue weighted by Crippen LogP contribution is 2.05. The highest BCUT2D eigenvalue weighted by atomic mass is 16.4. The van der Waals surface area contributed by atoms with Gasteiger partial charge >= 0.3 is 12.0 Å². The Kier molecular flexibility index (Phi) is 6.78. The molecule has 3 amide bonds. The van der Waals surface area contributed by atoms with Crippen molar-refractivity contribution >= 4 is 17.9 Å². The van der Waals surface area contributed by atoms with Gasteiger partial charge in [-0.15, -0.1) is 0 Å². The number of amides is 3. The second-order valence-electron chi connectivity index (χ2n) is 4.84. The van der Waals surface area contributed by atoms with E-state index in [1.165, 1.54) is 12.8 Å². The summed E-state index contributed by atoms with van der Waals surface area (Å²) in [5, 5.41) is 13.9. The maximum absolute atomic E-state index is 11.6. The number of carbonyl (C=O) groups excluding carboxylic acids is 2. The summed E-state index contributed by atoms with van der Waals surface area (Å²) >= 11 is 0. The van der Waals surface area contributed by atoms with Gasteiger partial charge in [-0.3, -0.25) is 4.79 Å². The Morgan fingerprint density at radius 1 is 1.25 bits per heavy atom. The van der Waals surface area contributed by atoms with Gasteiger partial charge in [-0.25, -0.2) is 9.59 Å². The van der Waals surface area contributed by atoms with Crippen molar-refractivity contribution in [3.63, 3.8) is 0 Å². The SMILES string of the molecule is NC(=O)CC[C@H](NC(=O)NCCN1CCCC1)C(=O)O. The molecule has 8 nitrogen and oxygen atoms in total. The first-order valence-corrected chi connectivity index (χ1v) is 6.77. The average molecular weight is 286 g/mol. The van der Waals surface area contributed by atoms with Crippen molar-refractivity contribution in [1.29, 1.82) is 0 Å². The Bertz CT molecular complexity index is 355. The molecule has 0 unspecified atom stereocenters. The third kappa shape index (κ3) is 6.37. The lowest BCUT2D eigenvalue weighted by atomic mass is 10.1. The molecule has 114 valence electrons. The molecule has 0 bridgehead atoms. The van der Waals surface area contributed by atoms with Crippen LogP contribution < -0.4 is 16.4 Å². The van der Waals surface area contributed by atoms with E-state index < -0.39 is 23.9 Å². The molecule has 1 saturated heterocycles. The minimum atomic E-state index is -1.18. The molecule has 1 fully saturated rings. The smallest absolute Gasteiger partial charge is 0.326 e. The molecular weight excluding hydrogens is 264 g/mol. The van der Waals surface area contributed by atoms with Crippen molar-refractivity contribution in [2.45, 2.75) is 31.7 Å². The van der Waals surface area contributed by atoms with Crippen molar-refractivity contribution in [3.8, 4) is 0 Å². The number of nitrogens with two attached hydrogens (primary N) is 1. The van der Waals surface area contributed by atoms with Gasteiger partial charge in [0.25, 0.3) is 0 Å². The summed E-state index contributed by atoms with van der Waals surface area (Å²) < 4.78 is 0. The Hall–Kier alpha value is -1.83. The molecule has 1 heterocycles. The van der Waals surface area contributed by atoms with Crippen LogP contribution in [-0.2, 0) is 9.59 Å². The Morgan fingerprint density at radius 2 is 1.90 bits per heavy atom. The lowest BCUT2D eigenvalue weighted by Crippen LogP contribution is -2.47. The van der Waals surface area contributed by atoms with Crippen molar-refractivity contribution in [2.75, 3.05) is 26.2 Å². The van der Waals surface area contributed by atoms with Crippen LogP contribution in [0.1, 0.15) is 25.7 Å². The van der Waals surface area contributed by atoms with Gasteiger partial charge in [0.15, 0.2) is 0 Å². The summed E-state index contributed by atoms with van der Waals surface area (Å²) in [6.07, 6.45) is 2.27. The van der Waals surface area contributed by atoms with Crippen molar-refractivity contribution in [2.24, 2.45) is 5.73 Å². The predicted molar refractivity (Wildman–Crippen MR) is 72.1 cm³/mol. The molecule has 0 aromatic heterocycles. The molecule has 0 aromatic rings. The normalized spacial score (nSPS) is 16.6. The quantitative estimate of drug-likeness (QED) is 0.460. The number of primary amides is 1. The number of nitrogens with one attached hydrogen (secondary N) is 2. The number of hydrogen-bond donors (Lipinski definition) is 4. The molecule has 5 N–H and O–H groups in total. The number of rotatable bonds is 8. The summed E-state index contributed by atoms with van der Waals surface area (Å²) in [6.45, 7) is 3.31. The number of likely N-dealkylation sites (tertiary alicyclic amines) is 1. The van der Waals surface area contributed by atoms with E-state index in [1.807, 2.05) is 0 Å². The summed E-state index contributed by atoms with van der Waals surface area (Å²) in [5.74, 6) is -1.77. The summed E-state index contributed by atoms with van der Waals surface area (Å²) in [6, 6.07) is -1.64. The van der Waals surface area contributed by atoms with Crippen LogP contribution in [-0.4, -0.2) is 60.1 Å². The van der Waals surface area contributed by atoms with E-state index in [0.717, 1.165) is 19.6 Å². The molecule has 0 aromatic carbocycles. The van der Waals surface area contributed by atoms with E-state index in [0.29, 0.717) is 6.54 Å². The van der Waals surface area contributed by atoms with Crippen LogP contribution in [0.2, 0.25) is 0 Å². The lowest BCUT2D eigenvalue weighted by molar-refractivity contribution is -0.139. The summed E-state index contributed by atoms with van der Waals surface area (Å²) in [7, 11) is 0. The largest absolute Gasteiger partial charge is 0.480 e. The Labute approximate surface area is 117 Å². The van der Waals surface area contributed by atoms with Gasteiger partial charge in [0.1, 0.15) is 6.04 Å². The summed E-state index contributed by atoms with van der Waals surface area (Å²) in [5.41, 5.74) is 4.96. The zero-order valence-electron chi connectivity index (χ0n) is 11.4. The minimum Gasteiger partial charge on any atom is -0.480 e. The molecule has 1 atom stereocenters. The lowest BCUT2D eigenvalue weighted by Gasteiger charge is -2.17. The van der Waals surface area contributed by atoms with Crippen LogP contribution in [0.25, 0.3) is 0 Å². The third-order valence-corrected chi connectivity index (χ3v) is 3.20. The number of aliphatic carboxylic acids is 1. The van der Waals surface area contributed by atoms with E-state index in [2.05, 4.69) is 15.5 Å². The molecule has 1 aliphatic rings. The number of carbonyl (C=O) groups is 3. The van der Waals surface area contributed by atoms with Crippen LogP contribution in [0.3, 0.4) is 0 Å². The monoisotopic (exact) mass is 286 g/mol. The standard InChI is InChI=1S/C12H22N4O4/c13-10(17)4-3-9(11(18)19)15-12(20)14-5-8-16-6-1-2-7-16/h9H,1-8H2,(H2,13,17)(H,18,19)(H2,14,15,20)/t9-/m0/s1. The number of urea groups is 1. The highest BCUT2D eigenvalue weighted by Gasteiger charge is 2.20. The third-order valence-electron chi connectivity index (χ3n) is 3.20. The van der Waals surface area contributed by atoms with Crippen molar-refractivity contribution in [1.82, 2.24) is 15.5 Å². The van der Waals surface area contributed by atoms with Crippen LogP contribution in [0.4, 0.5) is 4.79 Å². The molecule has 8 heteroatoms. The zero-order valence-corrected chi connectivity index (χ0v) is 11.4. The van der Waals surface area contributed by atoms with Gasteiger partial charge in [-0.05, 0) is 32.4 Å². The van der Waals surface area contributed by atoms with Gasteiger partial charge in [0.05, 0.1) is 0 Å². The van der Waals surface area contributed by atoms with Crippen LogP contribution >= 0.6 is 0 Å². The fourth-order valence-corrected chi connectivity index (χ4v) is 2.09. The Morgan fingerprint density at radius 3 is 2.45 bits per heavy atom. The van der Waals surface area contributed by atoms with E-state index in [-0.39, 0.29) is 12.8 Å². The maximum Gasteiger partial charge on any atom is 0.326 e. The van der Waals surface area contributed by atoms with Crippen molar-refractivity contribution < 1.29 is 19.5 Å². The molecule has 20 heavy (non-hydrogen) atoms. The topological polar surface area (TPSA) is 125 Å². The Balaban J connectivity index is 2.22. The number of hydrogen-bond acceptors (Lipinski definition) is 4. The van der Waals surface area contributed by atoms with E-state index in [4.69, 9.17) is 10.8 Å². The van der Waals surface area contributed by atoms with Gasteiger partial charge in [0, 0.05) is 19.5 Å². The van der Waals surface area contributed by atoms with Crippen molar-refractivity contribution in [3.05, 3.63) is 0 Å². The predicted octanol–water partition coefficient (Wildman–Crippen LogP) is -0.900. The van der Waals surface area contributed by atoms with Crippen LogP contribution in [0.5, 0.6) is 0 Å². The second kappa shape index (κ2) is 8.36. The maximum atomic E-state index is 11.6. The number of carboxylic acid groups (broad SMARTS) is 1. The van der Waals surface area contributed by atoms with Gasteiger partial charge in [-0.1, -0.05) is 0 Å². The average Bonchev–Trinajstić information content (AvgIpc) is 2.87. The molecule has 0 radical (unpaired) electrons. The molecule has 1 rings (SSSR count). The highest BCUT2D eigenvalue weighted by molar-refractivity contribution is 5.83. The molecule has 0 aliphatic carbocycles. The van der Waals surface area contributed by atoms with Gasteiger partial charge in [-0.2, -0.15) is 0 Å². The fraction of sp³-hybridized carbons (Fsp3) is 0.750. The molecular formula is C12H22N4O4. The van der Waals surface area contributed by atoms with Crippen LogP contribution in [0.15, 0.2) is 0 Å². The van der Waals surface area contributed by atoms with Gasteiger partial charge in [0.2, 0.25) is 5.91 Å². The second-order valence-corrected chi connectivity index (χ2v) is 4.84. The fourth-order valence-electron chi connectivity index (χ4n) is 2.09. The first-order valence-electron chi connectivity index (χ1n) is 6.77. The molecule has 1 aliphatic heterocycles. The molecule has 0 saturated carbocycles. The first-order chi connectivity index (χ1) is 9.49. The number of nitrogens with zero attached hydrogens (tertiary/aromatic N) is 1. The van der Waals surface area contributed by atoms with Crippen LogP contribution in [0, 0.1) is 0 Å². The number of carboxylic acids is 1. The van der Waals surface area contributed by atoms with Gasteiger partial charge < -0.3 is 26.4 Å². The summed E-state index contributed by atoms with van der Waals surface area (Å²) in [4.78, 5) is 35.3.